The molecule has 0 bridgehead atoms. The number of ether oxygens (including phenoxy) is 1. The van der Waals surface area contributed by atoms with Crippen LogP contribution in [0.1, 0.15) is 12.5 Å². The number of amides is 2. The topological polar surface area (TPSA) is 58.6 Å². The second-order valence-corrected chi connectivity index (χ2v) is 5.97. The molecular formula is C19H21ClN2O3. The van der Waals surface area contributed by atoms with Gasteiger partial charge >= 0.3 is 0 Å². The SMILES string of the molecule is COc1ccc(N(CC(=O)NCCc2cccc(Cl)c2)C(C)=O)cc1. The third-order valence-electron chi connectivity index (χ3n) is 3.69. The number of anilines is 1. The molecule has 0 atom stereocenters. The van der Waals surface area contributed by atoms with Crippen molar-refractivity contribution in [1.82, 2.24) is 5.32 Å². The lowest BCUT2D eigenvalue weighted by Gasteiger charge is -2.21. The molecule has 2 aromatic rings. The zero-order valence-electron chi connectivity index (χ0n) is 14.3. The first-order valence-corrected chi connectivity index (χ1v) is 8.30. The molecule has 0 unspecified atom stereocenters. The van der Waals surface area contributed by atoms with Crippen molar-refractivity contribution in [3.8, 4) is 5.75 Å². The molecule has 2 amide bonds. The molecule has 0 aliphatic heterocycles. The third-order valence-corrected chi connectivity index (χ3v) is 3.93. The second-order valence-electron chi connectivity index (χ2n) is 5.53. The minimum Gasteiger partial charge on any atom is -0.497 e. The predicted octanol–water partition coefficient (Wildman–Crippen LogP) is 3.06. The minimum absolute atomic E-state index is 0.0305. The number of nitrogens with one attached hydrogen (secondary N) is 1. The smallest absolute Gasteiger partial charge is 0.240 e. The molecule has 25 heavy (non-hydrogen) atoms. The van der Waals surface area contributed by atoms with Crippen molar-refractivity contribution in [1.29, 1.82) is 0 Å². The summed E-state index contributed by atoms with van der Waals surface area (Å²) in [6, 6.07) is 14.5. The van der Waals surface area contributed by atoms with Gasteiger partial charge in [-0.2, -0.15) is 0 Å². The van der Waals surface area contributed by atoms with Crippen LogP contribution in [0.3, 0.4) is 0 Å². The fourth-order valence-corrected chi connectivity index (χ4v) is 2.60. The van der Waals surface area contributed by atoms with E-state index in [0.717, 1.165) is 5.56 Å². The average molecular weight is 361 g/mol. The maximum absolute atomic E-state index is 12.2. The minimum atomic E-state index is -0.215. The van der Waals surface area contributed by atoms with Crippen LogP contribution in [0.4, 0.5) is 5.69 Å². The number of halogens is 1. The van der Waals surface area contributed by atoms with Crippen LogP contribution in [-0.2, 0) is 16.0 Å². The quantitative estimate of drug-likeness (QED) is 0.825. The fraction of sp³-hybridized carbons (Fsp3) is 0.263. The van der Waals surface area contributed by atoms with Gasteiger partial charge in [-0.25, -0.2) is 0 Å². The van der Waals surface area contributed by atoms with Gasteiger partial charge < -0.3 is 15.0 Å². The summed E-state index contributed by atoms with van der Waals surface area (Å²) in [5.74, 6) is 0.279. The summed E-state index contributed by atoms with van der Waals surface area (Å²) in [6.45, 7) is 1.88. The average Bonchev–Trinajstić information content (AvgIpc) is 2.60. The van der Waals surface area contributed by atoms with Gasteiger partial charge in [0.1, 0.15) is 12.3 Å². The van der Waals surface area contributed by atoms with E-state index in [4.69, 9.17) is 16.3 Å². The van der Waals surface area contributed by atoms with Gasteiger partial charge in [-0.1, -0.05) is 23.7 Å². The number of carbonyl (C=O) groups is 2. The van der Waals surface area contributed by atoms with E-state index < -0.39 is 0 Å². The molecule has 6 heteroatoms. The molecule has 0 fully saturated rings. The Morgan fingerprint density at radius 3 is 2.48 bits per heavy atom. The van der Waals surface area contributed by atoms with E-state index >= 15 is 0 Å². The van der Waals surface area contributed by atoms with Crippen LogP contribution in [0.15, 0.2) is 48.5 Å². The molecule has 0 saturated carbocycles. The lowest BCUT2D eigenvalue weighted by atomic mass is 10.1. The van der Waals surface area contributed by atoms with E-state index in [-0.39, 0.29) is 18.4 Å². The fourth-order valence-electron chi connectivity index (χ4n) is 2.38. The molecule has 132 valence electrons. The Hall–Kier alpha value is -2.53. The first kappa shape index (κ1) is 18.8. The molecule has 2 rings (SSSR count). The van der Waals surface area contributed by atoms with Gasteiger partial charge in [0.25, 0.3) is 0 Å². The highest BCUT2D eigenvalue weighted by atomic mass is 35.5. The molecular weight excluding hydrogens is 340 g/mol. The first-order chi connectivity index (χ1) is 12.0. The highest BCUT2D eigenvalue weighted by molar-refractivity contribution is 6.30. The van der Waals surface area contributed by atoms with Crippen molar-refractivity contribution >= 4 is 29.1 Å². The Bertz CT molecular complexity index is 732. The van der Waals surface area contributed by atoms with Crippen LogP contribution < -0.4 is 15.0 Å². The third kappa shape index (κ3) is 5.80. The maximum Gasteiger partial charge on any atom is 0.240 e. The van der Waals surface area contributed by atoms with Gasteiger partial charge in [0, 0.05) is 24.2 Å². The molecule has 0 heterocycles. The highest BCUT2D eigenvalue weighted by Crippen LogP contribution is 2.19. The van der Waals surface area contributed by atoms with Crippen molar-refractivity contribution < 1.29 is 14.3 Å². The van der Waals surface area contributed by atoms with Crippen LogP contribution >= 0.6 is 11.6 Å². The molecule has 2 aromatic carbocycles. The monoisotopic (exact) mass is 360 g/mol. The van der Waals surface area contributed by atoms with E-state index in [9.17, 15) is 9.59 Å². The van der Waals surface area contributed by atoms with Gasteiger partial charge in [0.15, 0.2) is 0 Å². The summed E-state index contributed by atoms with van der Waals surface area (Å²) >= 11 is 5.94. The molecule has 0 aliphatic rings. The zero-order chi connectivity index (χ0) is 18.2. The number of nitrogens with zero attached hydrogens (tertiary/aromatic N) is 1. The lowest BCUT2D eigenvalue weighted by molar-refractivity contribution is -0.123. The normalized spacial score (nSPS) is 10.2. The van der Waals surface area contributed by atoms with E-state index in [1.54, 1.807) is 31.4 Å². The summed E-state index contributed by atoms with van der Waals surface area (Å²) in [6.07, 6.45) is 0.676. The van der Waals surface area contributed by atoms with Crippen LogP contribution in [0.5, 0.6) is 5.75 Å². The molecule has 0 aliphatic carbocycles. The second kappa shape index (κ2) is 9.08. The van der Waals surface area contributed by atoms with Crippen molar-refractivity contribution in [2.45, 2.75) is 13.3 Å². The molecule has 0 radical (unpaired) electrons. The number of hydrogen-bond donors (Lipinski definition) is 1. The number of carbonyl (C=O) groups excluding carboxylic acids is 2. The van der Waals surface area contributed by atoms with Gasteiger partial charge in [-0.15, -0.1) is 0 Å². The van der Waals surface area contributed by atoms with Crippen molar-refractivity contribution in [2.24, 2.45) is 0 Å². The molecule has 0 saturated heterocycles. The van der Waals surface area contributed by atoms with Crippen molar-refractivity contribution in [3.05, 3.63) is 59.1 Å². The Labute approximate surface area is 152 Å². The van der Waals surface area contributed by atoms with Crippen LogP contribution in [0.2, 0.25) is 5.02 Å². The van der Waals surface area contributed by atoms with Gasteiger partial charge in [-0.3, -0.25) is 9.59 Å². The summed E-state index contributed by atoms with van der Waals surface area (Å²) < 4.78 is 5.10. The summed E-state index contributed by atoms with van der Waals surface area (Å²) in [5.41, 5.74) is 1.70. The first-order valence-electron chi connectivity index (χ1n) is 7.93. The molecule has 5 nitrogen and oxygen atoms in total. The number of rotatable bonds is 7. The molecule has 1 N–H and O–H groups in total. The van der Waals surface area contributed by atoms with Crippen molar-refractivity contribution in [3.63, 3.8) is 0 Å². The lowest BCUT2D eigenvalue weighted by Crippen LogP contribution is -2.40. The van der Waals surface area contributed by atoms with Gasteiger partial charge in [-0.05, 0) is 48.4 Å². The van der Waals surface area contributed by atoms with Gasteiger partial charge in [0.05, 0.1) is 7.11 Å². The van der Waals surface area contributed by atoms with Crippen LogP contribution in [0.25, 0.3) is 0 Å². The summed E-state index contributed by atoms with van der Waals surface area (Å²) in [4.78, 5) is 25.4. The highest BCUT2D eigenvalue weighted by Gasteiger charge is 2.15. The zero-order valence-corrected chi connectivity index (χ0v) is 15.0. The summed E-state index contributed by atoms with van der Waals surface area (Å²) in [5, 5.41) is 3.50. The van der Waals surface area contributed by atoms with Gasteiger partial charge in [0.2, 0.25) is 11.8 Å². The number of methoxy groups -OCH3 is 1. The van der Waals surface area contributed by atoms with Crippen LogP contribution in [0, 0.1) is 0 Å². The van der Waals surface area contributed by atoms with Crippen molar-refractivity contribution in [2.75, 3.05) is 25.1 Å². The maximum atomic E-state index is 12.2. The molecule has 0 aromatic heterocycles. The van der Waals surface area contributed by atoms with E-state index in [2.05, 4.69) is 5.32 Å². The molecule has 0 spiro atoms. The summed E-state index contributed by atoms with van der Waals surface area (Å²) in [7, 11) is 1.57. The predicted molar refractivity (Wildman–Crippen MR) is 99.2 cm³/mol. The van der Waals surface area contributed by atoms with E-state index in [1.807, 2.05) is 24.3 Å². The Balaban J connectivity index is 1.90. The largest absolute Gasteiger partial charge is 0.497 e. The van der Waals surface area contributed by atoms with E-state index in [1.165, 1.54) is 11.8 Å². The Morgan fingerprint density at radius 2 is 1.88 bits per heavy atom. The van der Waals surface area contributed by atoms with E-state index in [0.29, 0.717) is 29.4 Å². The Morgan fingerprint density at radius 1 is 1.16 bits per heavy atom. The number of benzene rings is 2. The standard InChI is InChI=1S/C19H21ClN2O3/c1-14(23)22(17-6-8-18(25-2)9-7-17)13-19(24)21-11-10-15-4-3-5-16(20)12-15/h3-9,12H,10-11,13H2,1-2H3,(H,21,24). The van der Waals surface area contributed by atoms with Crippen LogP contribution in [-0.4, -0.2) is 32.0 Å². The Kier molecular flexibility index (Phi) is 6.83. The number of hydrogen-bond acceptors (Lipinski definition) is 3.